The van der Waals surface area contributed by atoms with Crippen molar-refractivity contribution in [3.8, 4) is 11.4 Å². The van der Waals surface area contributed by atoms with Crippen LogP contribution >= 0.6 is 11.8 Å². The monoisotopic (exact) mass is 414 g/mol. The zero-order valence-electron chi connectivity index (χ0n) is 17.2. The summed E-state index contributed by atoms with van der Waals surface area (Å²) in [5.74, 6) is 3.60. The number of rotatable bonds is 9. The van der Waals surface area contributed by atoms with E-state index in [2.05, 4.69) is 22.4 Å². The van der Waals surface area contributed by atoms with Crippen LogP contribution < -0.4 is 5.32 Å². The van der Waals surface area contributed by atoms with Crippen molar-refractivity contribution < 1.29 is 9.53 Å². The van der Waals surface area contributed by atoms with Crippen LogP contribution in [0.2, 0.25) is 0 Å². The maximum atomic E-state index is 12.6. The van der Waals surface area contributed by atoms with E-state index in [4.69, 9.17) is 4.74 Å². The minimum Gasteiger partial charge on any atom is -0.383 e. The Kier molecular flexibility index (Phi) is 6.55. The summed E-state index contributed by atoms with van der Waals surface area (Å²) in [6, 6.07) is 10.3. The van der Waals surface area contributed by atoms with Gasteiger partial charge in [-0.05, 0) is 43.9 Å². The molecule has 4 atom stereocenters. The Morgan fingerprint density at radius 2 is 2.10 bits per heavy atom. The van der Waals surface area contributed by atoms with Gasteiger partial charge < -0.3 is 10.1 Å². The van der Waals surface area contributed by atoms with E-state index in [0.717, 1.165) is 28.4 Å². The van der Waals surface area contributed by atoms with Crippen LogP contribution in [0.4, 0.5) is 0 Å². The zero-order valence-corrected chi connectivity index (χ0v) is 18.0. The minimum absolute atomic E-state index is 0.0767. The largest absolute Gasteiger partial charge is 0.383 e. The topological polar surface area (TPSA) is 69.0 Å². The molecule has 0 unspecified atom stereocenters. The molecule has 0 radical (unpaired) electrons. The summed E-state index contributed by atoms with van der Waals surface area (Å²) in [6.07, 6.45) is 5.38. The summed E-state index contributed by atoms with van der Waals surface area (Å²) in [5.41, 5.74) is 1.01. The molecule has 29 heavy (non-hydrogen) atoms. The average molecular weight is 415 g/mol. The lowest BCUT2D eigenvalue weighted by Gasteiger charge is -2.28. The van der Waals surface area contributed by atoms with Crippen molar-refractivity contribution in [1.82, 2.24) is 20.1 Å². The molecule has 1 aromatic heterocycles. The fraction of sp³-hybridized carbons (Fsp3) is 0.591. The lowest BCUT2D eigenvalue weighted by atomic mass is 9.84. The molecule has 0 saturated heterocycles. The number of hydrogen-bond donors (Lipinski definition) is 1. The molecule has 2 fully saturated rings. The maximum absolute atomic E-state index is 12.6. The van der Waals surface area contributed by atoms with Gasteiger partial charge >= 0.3 is 0 Å². The SMILES string of the molecule is COCCn1c(SCC(=O)N[C@@H](C)[C@H]2C[C@@H]3CC[C@@H]2C3)nnc1-c1ccccc1. The number of benzene rings is 1. The van der Waals surface area contributed by atoms with Crippen LogP contribution in [0.1, 0.15) is 32.6 Å². The molecule has 2 aliphatic rings. The number of nitrogens with one attached hydrogen (secondary N) is 1. The summed E-state index contributed by atoms with van der Waals surface area (Å²) in [4.78, 5) is 12.6. The highest BCUT2D eigenvalue weighted by Gasteiger charge is 2.42. The van der Waals surface area contributed by atoms with E-state index in [-0.39, 0.29) is 11.9 Å². The number of hydrogen-bond acceptors (Lipinski definition) is 5. The molecule has 1 aromatic carbocycles. The van der Waals surface area contributed by atoms with Crippen molar-refractivity contribution in [2.24, 2.45) is 17.8 Å². The van der Waals surface area contributed by atoms with E-state index < -0.39 is 0 Å². The van der Waals surface area contributed by atoms with Gasteiger partial charge in [-0.25, -0.2) is 0 Å². The van der Waals surface area contributed by atoms with Crippen LogP contribution in [0.3, 0.4) is 0 Å². The van der Waals surface area contributed by atoms with E-state index in [1.54, 1.807) is 7.11 Å². The summed E-state index contributed by atoms with van der Waals surface area (Å²) in [6.45, 7) is 3.39. The Labute approximate surface area is 176 Å². The van der Waals surface area contributed by atoms with E-state index in [1.807, 2.05) is 34.9 Å². The second-order valence-electron chi connectivity index (χ2n) is 8.30. The van der Waals surface area contributed by atoms with E-state index in [0.29, 0.717) is 24.8 Å². The lowest BCUT2D eigenvalue weighted by molar-refractivity contribution is -0.119. The summed E-state index contributed by atoms with van der Waals surface area (Å²) in [7, 11) is 1.68. The predicted molar refractivity (Wildman–Crippen MR) is 115 cm³/mol. The van der Waals surface area contributed by atoms with E-state index in [1.165, 1.54) is 37.4 Å². The van der Waals surface area contributed by atoms with Crippen LogP contribution in [-0.2, 0) is 16.1 Å². The molecule has 4 rings (SSSR count). The number of amides is 1. The Balaban J connectivity index is 1.37. The van der Waals surface area contributed by atoms with Crippen molar-refractivity contribution in [3.05, 3.63) is 30.3 Å². The third-order valence-corrected chi connectivity index (χ3v) is 7.39. The summed E-state index contributed by atoms with van der Waals surface area (Å²) in [5, 5.41) is 12.7. The molecule has 0 spiro atoms. The number of methoxy groups -OCH3 is 1. The van der Waals surface area contributed by atoms with Gasteiger partial charge in [0.1, 0.15) is 0 Å². The van der Waals surface area contributed by atoms with Crippen LogP contribution in [0.15, 0.2) is 35.5 Å². The molecule has 1 amide bonds. The fourth-order valence-electron chi connectivity index (χ4n) is 5.02. The lowest BCUT2D eigenvalue weighted by Crippen LogP contribution is -2.40. The van der Waals surface area contributed by atoms with E-state index in [9.17, 15) is 4.79 Å². The molecule has 1 N–H and O–H groups in total. The van der Waals surface area contributed by atoms with Gasteiger partial charge in [-0.3, -0.25) is 9.36 Å². The van der Waals surface area contributed by atoms with Gasteiger partial charge in [0.05, 0.1) is 18.9 Å². The summed E-state index contributed by atoms with van der Waals surface area (Å²) >= 11 is 1.44. The van der Waals surface area contributed by atoms with Gasteiger partial charge in [-0.2, -0.15) is 0 Å². The van der Waals surface area contributed by atoms with Crippen LogP contribution in [0, 0.1) is 17.8 Å². The number of carbonyl (C=O) groups excluding carboxylic acids is 1. The highest BCUT2D eigenvalue weighted by Crippen LogP contribution is 2.49. The first kappa shape index (κ1) is 20.4. The predicted octanol–water partition coefficient (Wildman–Crippen LogP) is 3.62. The first-order valence-corrected chi connectivity index (χ1v) is 11.5. The number of nitrogens with zero attached hydrogens (tertiary/aromatic N) is 3. The normalized spacial score (nSPS) is 24.0. The molecular formula is C22H30N4O2S. The quantitative estimate of drug-likeness (QED) is 0.635. The third-order valence-electron chi connectivity index (χ3n) is 6.42. The zero-order chi connectivity index (χ0) is 20.2. The highest BCUT2D eigenvalue weighted by molar-refractivity contribution is 7.99. The van der Waals surface area contributed by atoms with Crippen LogP contribution in [-0.4, -0.2) is 46.2 Å². The number of thioether (sulfide) groups is 1. The molecule has 2 aromatic rings. The molecule has 2 saturated carbocycles. The van der Waals surface area contributed by atoms with Crippen molar-refractivity contribution in [3.63, 3.8) is 0 Å². The number of fused-ring (bicyclic) bond motifs is 2. The smallest absolute Gasteiger partial charge is 0.230 e. The third kappa shape index (κ3) is 4.67. The first-order chi connectivity index (χ1) is 14.2. The Morgan fingerprint density at radius 1 is 1.28 bits per heavy atom. The first-order valence-electron chi connectivity index (χ1n) is 10.6. The number of ether oxygens (including phenoxy) is 1. The molecule has 156 valence electrons. The van der Waals surface area contributed by atoms with Crippen molar-refractivity contribution in [2.75, 3.05) is 19.5 Å². The van der Waals surface area contributed by atoms with Crippen LogP contribution in [0.25, 0.3) is 11.4 Å². The van der Waals surface area contributed by atoms with Gasteiger partial charge in [-0.1, -0.05) is 48.5 Å². The molecule has 1 heterocycles. The molecule has 2 aliphatic carbocycles. The van der Waals surface area contributed by atoms with Gasteiger partial charge in [0, 0.05) is 18.7 Å². The van der Waals surface area contributed by atoms with Gasteiger partial charge in [-0.15, -0.1) is 10.2 Å². The molecule has 7 heteroatoms. The van der Waals surface area contributed by atoms with Crippen molar-refractivity contribution >= 4 is 17.7 Å². The average Bonchev–Trinajstić information content (AvgIpc) is 3.47. The highest BCUT2D eigenvalue weighted by atomic mass is 32.2. The Hall–Kier alpha value is -1.86. The number of carbonyl (C=O) groups is 1. The van der Waals surface area contributed by atoms with Crippen LogP contribution in [0.5, 0.6) is 0 Å². The minimum atomic E-state index is 0.0767. The Bertz CT molecular complexity index is 825. The second-order valence-corrected chi connectivity index (χ2v) is 9.24. The second kappa shape index (κ2) is 9.30. The van der Waals surface area contributed by atoms with Crippen molar-refractivity contribution in [2.45, 2.75) is 50.4 Å². The van der Waals surface area contributed by atoms with Crippen molar-refractivity contribution in [1.29, 1.82) is 0 Å². The molecular weight excluding hydrogens is 384 g/mol. The molecule has 2 bridgehead atoms. The summed E-state index contributed by atoms with van der Waals surface area (Å²) < 4.78 is 7.29. The molecule has 6 nitrogen and oxygen atoms in total. The standard InChI is InChI=1S/C22H30N4O2S/c1-15(19-13-16-8-9-18(19)12-16)23-20(27)14-29-22-25-24-21(26(22)10-11-28-2)17-6-4-3-5-7-17/h3-7,15-16,18-19H,8-14H2,1-2H3,(H,23,27)/t15-,16+,18+,19+/m0/s1. The van der Waals surface area contributed by atoms with Gasteiger partial charge in [0.15, 0.2) is 11.0 Å². The van der Waals surface area contributed by atoms with Gasteiger partial charge in [0.25, 0.3) is 0 Å². The maximum Gasteiger partial charge on any atom is 0.230 e. The van der Waals surface area contributed by atoms with E-state index >= 15 is 0 Å². The Morgan fingerprint density at radius 3 is 2.79 bits per heavy atom. The number of aromatic nitrogens is 3. The van der Waals surface area contributed by atoms with Gasteiger partial charge in [0.2, 0.25) is 5.91 Å². The molecule has 0 aliphatic heterocycles. The fourth-order valence-corrected chi connectivity index (χ4v) is 5.80.